The van der Waals surface area contributed by atoms with Gasteiger partial charge in [-0.2, -0.15) is 5.10 Å². The van der Waals surface area contributed by atoms with E-state index in [0.717, 1.165) is 5.56 Å². The fourth-order valence-electron chi connectivity index (χ4n) is 2.68. The van der Waals surface area contributed by atoms with Gasteiger partial charge >= 0.3 is 5.97 Å². The van der Waals surface area contributed by atoms with E-state index in [1.807, 2.05) is 30.3 Å². The number of esters is 1. The zero-order chi connectivity index (χ0) is 19.2. The lowest BCUT2D eigenvalue weighted by atomic mass is 10.1. The van der Waals surface area contributed by atoms with Crippen molar-refractivity contribution in [1.29, 1.82) is 0 Å². The molecule has 0 atom stereocenters. The largest absolute Gasteiger partial charge is 0.493 e. The zero-order valence-electron chi connectivity index (χ0n) is 15.3. The van der Waals surface area contributed by atoms with Gasteiger partial charge in [0, 0.05) is 5.69 Å². The van der Waals surface area contributed by atoms with E-state index in [-0.39, 0.29) is 5.88 Å². The van der Waals surface area contributed by atoms with Gasteiger partial charge in [-0.3, -0.25) is 4.98 Å². The summed E-state index contributed by atoms with van der Waals surface area (Å²) in [5.74, 6) is -0.477. The maximum atomic E-state index is 11.8. The molecule has 0 aliphatic heterocycles. The number of nitrogens with zero attached hydrogens (tertiary/aromatic N) is 3. The molecule has 27 heavy (non-hydrogen) atoms. The van der Waals surface area contributed by atoms with Crippen LogP contribution >= 0.6 is 0 Å². The molecule has 1 aromatic carbocycles. The van der Waals surface area contributed by atoms with E-state index in [0.29, 0.717) is 42.3 Å². The number of carbonyl (C=O) groups excluding carboxylic acids is 1. The van der Waals surface area contributed by atoms with Gasteiger partial charge in [0.15, 0.2) is 0 Å². The molecule has 2 aromatic heterocycles. The number of hydrogen-bond donors (Lipinski definition) is 1. The highest BCUT2D eigenvalue weighted by atomic mass is 16.5. The van der Waals surface area contributed by atoms with Crippen molar-refractivity contribution in [3.63, 3.8) is 0 Å². The van der Waals surface area contributed by atoms with Crippen molar-refractivity contribution >= 4 is 5.97 Å². The van der Waals surface area contributed by atoms with E-state index in [1.165, 1.54) is 18.0 Å². The van der Waals surface area contributed by atoms with E-state index in [2.05, 4.69) is 10.1 Å². The number of aryl methyl sites for hydroxylation is 1. The third kappa shape index (κ3) is 4.51. The van der Waals surface area contributed by atoms with Crippen LogP contribution in [0.3, 0.4) is 0 Å². The summed E-state index contributed by atoms with van der Waals surface area (Å²) in [6.45, 7) is 3.07. The van der Waals surface area contributed by atoms with Gasteiger partial charge in [-0.25, -0.2) is 9.48 Å². The molecule has 0 aliphatic carbocycles. The minimum absolute atomic E-state index is 0.0211. The number of pyridine rings is 1. The van der Waals surface area contributed by atoms with E-state index < -0.39 is 5.97 Å². The standard InChI is InChI=1S/C20H21N3O4/c1-14-10-16(20(25)26-2)11-18(22-14)17-12-21-23(19(17)24)8-9-27-13-15-6-4-3-5-7-15/h3-7,10-12,24H,8-9,13H2,1-2H3. The Bertz CT molecular complexity index is 922. The SMILES string of the molecule is COC(=O)c1cc(C)nc(-c2cnn(CCOCc3ccccc3)c2O)c1. The predicted molar refractivity (Wildman–Crippen MR) is 99.3 cm³/mol. The van der Waals surface area contributed by atoms with E-state index in [9.17, 15) is 9.90 Å². The molecule has 0 spiro atoms. The van der Waals surface area contributed by atoms with Crippen LogP contribution in [0, 0.1) is 6.92 Å². The molecular formula is C20H21N3O4. The Balaban J connectivity index is 1.68. The number of benzene rings is 1. The normalized spacial score (nSPS) is 10.7. The van der Waals surface area contributed by atoms with E-state index in [4.69, 9.17) is 9.47 Å². The van der Waals surface area contributed by atoms with Crippen LogP contribution < -0.4 is 0 Å². The van der Waals surface area contributed by atoms with Crippen LogP contribution in [0.2, 0.25) is 0 Å². The fraction of sp³-hybridized carbons (Fsp3) is 0.250. The molecule has 1 N–H and O–H groups in total. The smallest absolute Gasteiger partial charge is 0.337 e. The second-order valence-corrected chi connectivity index (χ2v) is 6.02. The average molecular weight is 367 g/mol. The lowest BCUT2D eigenvalue weighted by Gasteiger charge is -2.07. The van der Waals surface area contributed by atoms with Crippen molar-refractivity contribution in [3.8, 4) is 17.1 Å². The Morgan fingerprint density at radius 1 is 1.22 bits per heavy atom. The van der Waals surface area contributed by atoms with Crippen molar-refractivity contribution in [2.24, 2.45) is 0 Å². The van der Waals surface area contributed by atoms with Gasteiger partial charge < -0.3 is 14.6 Å². The third-order valence-corrected chi connectivity index (χ3v) is 4.02. The number of hydrogen-bond acceptors (Lipinski definition) is 6. The summed E-state index contributed by atoms with van der Waals surface area (Å²) in [7, 11) is 1.32. The monoisotopic (exact) mass is 367 g/mol. The number of rotatable bonds is 7. The summed E-state index contributed by atoms with van der Waals surface area (Å²) >= 11 is 0. The van der Waals surface area contributed by atoms with Crippen LogP contribution in [-0.4, -0.2) is 39.6 Å². The number of aromatic hydroxyl groups is 1. The Kier molecular flexibility index (Phi) is 5.83. The molecule has 0 saturated heterocycles. The first kappa shape index (κ1) is 18.6. The second kappa shape index (κ2) is 8.46. The van der Waals surface area contributed by atoms with Crippen molar-refractivity contribution in [2.75, 3.05) is 13.7 Å². The van der Waals surface area contributed by atoms with Gasteiger partial charge in [0.25, 0.3) is 0 Å². The molecule has 7 heteroatoms. The maximum Gasteiger partial charge on any atom is 0.337 e. The van der Waals surface area contributed by atoms with Crippen molar-refractivity contribution in [3.05, 3.63) is 65.5 Å². The van der Waals surface area contributed by atoms with E-state index >= 15 is 0 Å². The Hall–Kier alpha value is -3.19. The Morgan fingerprint density at radius 2 is 2.00 bits per heavy atom. The minimum atomic E-state index is -0.456. The minimum Gasteiger partial charge on any atom is -0.493 e. The molecule has 3 aromatic rings. The molecule has 0 fully saturated rings. The number of methoxy groups -OCH3 is 1. The molecule has 0 saturated carbocycles. The lowest BCUT2D eigenvalue weighted by molar-refractivity contribution is 0.0600. The first-order valence-corrected chi connectivity index (χ1v) is 8.52. The van der Waals surface area contributed by atoms with Crippen LogP contribution in [0.1, 0.15) is 21.6 Å². The molecule has 2 heterocycles. The number of aromatic nitrogens is 3. The molecule has 0 aliphatic rings. The van der Waals surface area contributed by atoms with Gasteiger partial charge in [-0.1, -0.05) is 30.3 Å². The first-order chi connectivity index (χ1) is 13.1. The predicted octanol–water partition coefficient (Wildman–Crippen LogP) is 2.96. The molecule has 3 rings (SSSR count). The fourth-order valence-corrected chi connectivity index (χ4v) is 2.68. The van der Waals surface area contributed by atoms with Gasteiger partial charge in [-0.05, 0) is 24.6 Å². The topological polar surface area (TPSA) is 86.5 Å². The zero-order valence-corrected chi connectivity index (χ0v) is 15.3. The van der Waals surface area contributed by atoms with Gasteiger partial charge in [0.05, 0.1) is 49.9 Å². The van der Waals surface area contributed by atoms with Crippen LogP contribution in [0.15, 0.2) is 48.7 Å². The molecule has 0 radical (unpaired) electrons. The number of ether oxygens (including phenoxy) is 2. The summed E-state index contributed by atoms with van der Waals surface area (Å²) in [6.07, 6.45) is 1.52. The van der Waals surface area contributed by atoms with Crippen molar-refractivity contribution in [2.45, 2.75) is 20.1 Å². The highest BCUT2D eigenvalue weighted by Crippen LogP contribution is 2.28. The maximum absolute atomic E-state index is 11.8. The third-order valence-electron chi connectivity index (χ3n) is 4.02. The summed E-state index contributed by atoms with van der Waals surface area (Å²) in [5, 5.41) is 14.7. The molecule has 0 bridgehead atoms. The van der Waals surface area contributed by atoms with Gasteiger partial charge in [0.1, 0.15) is 0 Å². The number of carbonyl (C=O) groups is 1. The van der Waals surface area contributed by atoms with E-state index in [1.54, 1.807) is 19.1 Å². The highest BCUT2D eigenvalue weighted by molar-refractivity contribution is 5.90. The average Bonchev–Trinajstić information content (AvgIpc) is 3.05. The quantitative estimate of drug-likeness (QED) is 0.510. The van der Waals surface area contributed by atoms with Crippen molar-refractivity contribution in [1.82, 2.24) is 14.8 Å². The Morgan fingerprint density at radius 3 is 2.74 bits per heavy atom. The van der Waals surface area contributed by atoms with Crippen LogP contribution in [0.25, 0.3) is 11.3 Å². The second-order valence-electron chi connectivity index (χ2n) is 6.02. The highest BCUT2D eigenvalue weighted by Gasteiger charge is 2.16. The molecule has 0 unspecified atom stereocenters. The first-order valence-electron chi connectivity index (χ1n) is 8.52. The summed E-state index contributed by atoms with van der Waals surface area (Å²) in [4.78, 5) is 16.2. The molecule has 7 nitrogen and oxygen atoms in total. The van der Waals surface area contributed by atoms with Gasteiger partial charge in [0.2, 0.25) is 5.88 Å². The van der Waals surface area contributed by atoms with Crippen LogP contribution in [0.4, 0.5) is 0 Å². The van der Waals surface area contributed by atoms with Crippen LogP contribution in [-0.2, 0) is 22.6 Å². The molecular weight excluding hydrogens is 346 g/mol. The summed E-state index contributed by atoms with van der Waals surface area (Å²) in [5.41, 5.74) is 3.02. The molecule has 140 valence electrons. The summed E-state index contributed by atoms with van der Waals surface area (Å²) < 4.78 is 11.8. The van der Waals surface area contributed by atoms with Gasteiger partial charge in [-0.15, -0.1) is 0 Å². The van der Waals surface area contributed by atoms with Crippen LogP contribution in [0.5, 0.6) is 5.88 Å². The summed E-state index contributed by atoms with van der Waals surface area (Å²) in [6, 6.07) is 13.1. The lowest BCUT2D eigenvalue weighted by Crippen LogP contribution is -2.07. The Labute approximate surface area is 157 Å². The molecule has 0 amide bonds. The van der Waals surface area contributed by atoms with Crippen molar-refractivity contribution < 1.29 is 19.4 Å².